The van der Waals surface area contributed by atoms with Crippen LogP contribution in [0.4, 0.5) is 5.69 Å². The number of nitrogens with two attached hydrogens (primary N) is 1. The fraction of sp³-hybridized carbons (Fsp3) is 0.500. The Kier molecular flexibility index (Phi) is 4.27. The van der Waals surface area contributed by atoms with Crippen LogP contribution in [-0.4, -0.2) is 23.4 Å². The minimum Gasteiger partial charge on any atom is -0.399 e. The van der Waals surface area contributed by atoms with Crippen LogP contribution in [0.5, 0.6) is 0 Å². The van der Waals surface area contributed by atoms with Gasteiger partial charge in [-0.25, -0.2) is 0 Å². The number of unbranched alkanes of at least 4 members (excludes halogenated alkanes) is 1. The topological polar surface area (TPSA) is 46.3 Å². The molecule has 1 aliphatic carbocycles. The number of benzene rings is 1. The van der Waals surface area contributed by atoms with E-state index in [0.717, 1.165) is 36.7 Å². The van der Waals surface area contributed by atoms with Crippen molar-refractivity contribution in [3.8, 4) is 0 Å². The van der Waals surface area contributed by atoms with Gasteiger partial charge in [-0.05, 0) is 37.5 Å². The molecule has 0 saturated heterocycles. The number of hydrogen-bond donors (Lipinski definition) is 1. The Morgan fingerprint density at radius 2 is 2.17 bits per heavy atom. The van der Waals surface area contributed by atoms with Crippen LogP contribution in [0.2, 0.25) is 0 Å². The monoisotopic (exact) mass is 310 g/mol. The highest BCUT2D eigenvalue weighted by Gasteiger charge is 2.32. The van der Waals surface area contributed by atoms with Crippen molar-refractivity contribution >= 4 is 27.5 Å². The summed E-state index contributed by atoms with van der Waals surface area (Å²) in [5, 5.41) is 0. The Labute approximate surface area is 116 Å². The van der Waals surface area contributed by atoms with E-state index in [1.165, 1.54) is 0 Å². The summed E-state index contributed by atoms with van der Waals surface area (Å²) < 4.78 is 0.858. The zero-order chi connectivity index (χ0) is 13.1. The molecular formula is C14H19BrN2O. The molecule has 18 heavy (non-hydrogen) atoms. The first-order chi connectivity index (χ1) is 8.61. The zero-order valence-corrected chi connectivity index (χ0v) is 12.2. The number of nitrogen functional groups attached to an aromatic ring is 1. The van der Waals surface area contributed by atoms with Crippen molar-refractivity contribution in [1.82, 2.24) is 4.90 Å². The molecule has 0 aliphatic heterocycles. The fourth-order valence-electron chi connectivity index (χ4n) is 2.07. The van der Waals surface area contributed by atoms with Gasteiger partial charge in [-0.3, -0.25) is 4.79 Å². The quantitative estimate of drug-likeness (QED) is 0.847. The first kappa shape index (κ1) is 13.4. The number of halogens is 1. The molecule has 0 bridgehead atoms. The third-order valence-corrected chi connectivity index (χ3v) is 3.63. The first-order valence-corrected chi connectivity index (χ1v) is 7.28. The highest BCUT2D eigenvalue weighted by molar-refractivity contribution is 9.10. The van der Waals surface area contributed by atoms with Gasteiger partial charge in [-0.1, -0.05) is 29.3 Å². The van der Waals surface area contributed by atoms with E-state index in [4.69, 9.17) is 5.73 Å². The maximum atomic E-state index is 12.5. The van der Waals surface area contributed by atoms with Gasteiger partial charge in [0.05, 0.1) is 0 Å². The van der Waals surface area contributed by atoms with Gasteiger partial charge in [-0.2, -0.15) is 0 Å². The third kappa shape index (κ3) is 3.25. The van der Waals surface area contributed by atoms with Gasteiger partial charge in [0, 0.05) is 28.3 Å². The van der Waals surface area contributed by atoms with E-state index < -0.39 is 0 Å². The number of anilines is 1. The highest BCUT2D eigenvalue weighted by atomic mass is 79.9. The molecular weight excluding hydrogens is 292 g/mol. The fourth-order valence-corrected chi connectivity index (χ4v) is 2.58. The molecule has 1 aliphatic rings. The van der Waals surface area contributed by atoms with Crippen LogP contribution >= 0.6 is 15.9 Å². The molecule has 1 aromatic carbocycles. The van der Waals surface area contributed by atoms with E-state index in [-0.39, 0.29) is 5.91 Å². The van der Waals surface area contributed by atoms with Gasteiger partial charge < -0.3 is 10.6 Å². The van der Waals surface area contributed by atoms with Crippen LogP contribution < -0.4 is 5.73 Å². The minimum absolute atomic E-state index is 0.110. The van der Waals surface area contributed by atoms with Gasteiger partial charge in [0.1, 0.15) is 0 Å². The second kappa shape index (κ2) is 5.74. The van der Waals surface area contributed by atoms with Crippen LogP contribution in [0.3, 0.4) is 0 Å². The van der Waals surface area contributed by atoms with Gasteiger partial charge in [0.15, 0.2) is 0 Å². The zero-order valence-electron chi connectivity index (χ0n) is 10.7. The predicted molar refractivity (Wildman–Crippen MR) is 77.5 cm³/mol. The molecule has 0 spiro atoms. The predicted octanol–water partition coefficient (Wildman–Crippen LogP) is 3.44. The van der Waals surface area contributed by atoms with Gasteiger partial charge in [0.2, 0.25) is 0 Å². The van der Waals surface area contributed by atoms with E-state index >= 15 is 0 Å². The lowest BCUT2D eigenvalue weighted by Gasteiger charge is -2.22. The summed E-state index contributed by atoms with van der Waals surface area (Å²) in [6.07, 6.45) is 4.45. The van der Waals surface area contributed by atoms with E-state index in [2.05, 4.69) is 22.9 Å². The molecule has 98 valence electrons. The lowest BCUT2D eigenvalue weighted by molar-refractivity contribution is 0.0740. The van der Waals surface area contributed by atoms with Crippen molar-refractivity contribution in [2.75, 3.05) is 12.3 Å². The standard InChI is InChI=1S/C14H19BrN2O/c1-2-3-6-17(13-4-5-13)14(18)10-7-11(15)9-12(16)8-10/h7-9,13H,2-6,16H2,1H3. The van der Waals surface area contributed by atoms with Crippen molar-refractivity contribution in [2.45, 2.75) is 38.6 Å². The maximum Gasteiger partial charge on any atom is 0.254 e. The van der Waals surface area contributed by atoms with Crippen molar-refractivity contribution in [1.29, 1.82) is 0 Å². The first-order valence-electron chi connectivity index (χ1n) is 6.49. The Bertz CT molecular complexity index is 423. The lowest BCUT2D eigenvalue weighted by Crippen LogP contribution is -2.34. The number of nitrogens with zero attached hydrogens (tertiary/aromatic N) is 1. The molecule has 0 heterocycles. The van der Waals surface area contributed by atoms with Crippen molar-refractivity contribution in [2.24, 2.45) is 0 Å². The van der Waals surface area contributed by atoms with Crippen LogP contribution in [0.25, 0.3) is 0 Å². The summed E-state index contributed by atoms with van der Waals surface area (Å²) >= 11 is 3.38. The number of rotatable bonds is 5. The minimum atomic E-state index is 0.110. The van der Waals surface area contributed by atoms with Crippen LogP contribution in [0.1, 0.15) is 43.0 Å². The van der Waals surface area contributed by atoms with Crippen LogP contribution in [0.15, 0.2) is 22.7 Å². The average Bonchev–Trinajstić information content (AvgIpc) is 3.12. The number of carbonyl (C=O) groups excluding carboxylic acids is 1. The third-order valence-electron chi connectivity index (χ3n) is 3.17. The number of amides is 1. The Morgan fingerprint density at radius 1 is 1.44 bits per heavy atom. The molecule has 1 amide bonds. The van der Waals surface area contributed by atoms with E-state index in [0.29, 0.717) is 17.3 Å². The molecule has 4 heteroatoms. The summed E-state index contributed by atoms with van der Waals surface area (Å²) in [6, 6.07) is 5.86. The number of hydrogen-bond acceptors (Lipinski definition) is 2. The van der Waals surface area contributed by atoms with Gasteiger partial charge >= 0.3 is 0 Å². The molecule has 0 aromatic heterocycles. The molecule has 1 aromatic rings. The summed E-state index contributed by atoms with van der Waals surface area (Å²) in [6.45, 7) is 3.00. The normalized spacial score (nSPS) is 14.6. The second-order valence-electron chi connectivity index (χ2n) is 4.86. The van der Waals surface area contributed by atoms with Gasteiger partial charge in [-0.15, -0.1) is 0 Å². The van der Waals surface area contributed by atoms with E-state index in [9.17, 15) is 4.79 Å². The Hall–Kier alpha value is -1.03. The molecule has 2 N–H and O–H groups in total. The SMILES string of the molecule is CCCCN(C(=O)c1cc(N)cc(Br)c1)C1CC1. The smallest absolute Gasteiger partial charge is 0.254 e. The lowest BCUT2D eigenvalue weighted by atomic mass is 10.1. The summed E-state index contributed by atoms with van der Waals surface area (Å²) in [5.41, 5.74) is 7.10. The molecule has 1 saturated carbocycles. The largest absolute Gasteiger partial charge is 0.399 e. The average molecular weight is 311 g/mol. The van der Waals surface area contributed by atoms with Crippen molar-refractivity contribution in [3.05, 3.63) is 28.2 Å². The summed E-state index contributed by atoms with van der Waals surface area (Å²) in [7, 11) is 0. The van der Waals surface area contributed by atoms with Crippen LogP contribution in [-0.2, 0) is 0 Å². The second-order valence-corrected chi connectivity index (χ2v) is 5.77. The molecule has 0 radical (unpaired) electrons. The molecule has 0 atom stereocenters. The Balaban J connectivity index is 2.16. The van der Waals surface area contributed by atoms with Crippen molar-refractivity contribution < 1.29 is 4.79 Å². The number of carbonyl (C=O) groups is 1. The maximum absolute atomic E-state index is 12.5. The van der Waals surface area contributed by atoms with E-state index in [1.54, 1.807) is 6.07 Å². The molecule has 0 unspecified atom stereocenters. The van der Waals surface area contributed by atoms with Crippen molar-refractivity contribution in [3.63, 3.8) is 0 Å². The highest BCUT2D eigenvalue weighted by Crippen LogP contribution is 2.29. The molecule has 2 rings (SSSR count). The summed E-state index contributed by atoms with van der Waals surface area (Å²) in [4.78, 5) is 14.5. The Morgan fingerprint density at radius 3 is 2.72 bits per heavy atom. The summed E-state index contributed by atoms with van der Waals surface area (Å²) in [5.74, 6) is 0.110. The molecule has 1 fully saturated rings. The molecule has 3 nitrogen and oxygen atoms in total. The van der Waals surface area contributed by atoms with Gasteiger partial charge in [0.25, 0.3) is 5.91 Å². The van der Waals surface area contributed by atoms with E-state index in [1.807, 2.05) is 17.0 Å². The van der Waals surface area contributed by atoms with Crippen LogP contribution in [0, 0.1) is 0 Å².